The van der Waals surface area contributed by atoms with Gasteiger partial charge in [-0.2, -0.15) is 0 Å². The van der Waals surface area contributed by atoms with Gasteiger partial charge < -0.3 is 20.1 Å². The van der Waals surface area contributed by atoms with Crippen molar-refractivity contribution in [1.82, 2.24) is 5.32 Å². The maximum absolute atomic E-state index is 5.64. The van der Waals surface area contributed by atoms with E-state index in [9.17, 15) is 0 Å². The van der Waals surface area contributed by atoms with Crippen LogP contribution in [0.2, 0.25) is 0 Å². The lowest BCUT2D eigenvalue weighted by molar-refractivity contribution is 0.311. The summed E-state index contributed by atoms with van der Waals surface area (Å²) in [6.07, 6.45) is 5.63. The number of guanidine groups is 1. The first-order valence-electron chi connectivity index (χ1n) is 9.03. The van der Waals surface area contributed by atoms with E-state index in [4.69, 9.17) is 9.47 Å². The van der Waals surface area contributed by atoms with Crippen LogP contribution in [0.15, 0.2) is 23.2 Å². The van der Waals surface area contributed by atoms with Crippen molar-refractivity contribution in [1.29, 1.82) is 0 Å². The molecule has 5 nitrogen and oxygen atoms in total. The van der Waals surface area contributed by atoms with Crippen LogP contribution in [0.3, 0.4) is 0 Å². The zero-order valence-electron chi connectivity index (χ0n) is 15.0. The Kier molecular flexibility index (Phi) is 5.48. The second-order valence-corrected chi connectivity index (χ2v) is 6.72. The molecule has 0 atom stereocenters. The average Bonchev–Trinajstić information content (AvgIpc) is 3.48. The molecule has 2 aliphatic rings. The summed E-state index contributed by atoms with van der Waals surface area (Å²) >= 11 is 0. The normalized spacial score (nSPS) is 17.8. The smallest absolute Gasteiger partial charge is 0.195 e. The molecule has 0 bridgehead atoms. The van der Waals surface area contributed by atoms with Crippen LogP contribution in [0.4, 0.5) is 5.69 Å². The summed E-state index contributed by atoms with van der Waals surface area (Å²) in [5, 5.41) is 6.86. The van der Waals surface area contributed by atoms with Crippen LogP contribution in [0, 0.1) is 17.8 Å². The average molecular weight is 331 g/mol. The lowest BCUT2D eigenvalue weighted by atomic mass is 9.98. The van der Waals surface area contributed by atoms with Crippen molar-refractivity contribution in [3.63, 3.8) is 0 Å². The Morgan fingerprint density at radius 3 is 2.46 bits per heavy atom. The van der Waals surface area contributed by atoms with Gasteiger partial charge in [-0.3, -0.25) is 4.99 Å². The SMILES string of the molecule is CCOc1cc(NC(=NC)NCC(C2CC2)C2CC2)ccc1OC. The van der Waals surface area contributed by atoms with Crippen LogP contribution < -0.4 is 20.1 Å². The molecule has 0 spiro atoms. The first-order chi connectivity index (χ1) is 11.7. The highest BCUT2D eigenvalue weighted by molar-refractivity contribution is 5.93. The lowest BCUT2D eigenvalue weighted by Crippen LogP contribution is -2.35. The van der Waals surface area contributed by atoms with E-state index in [1.807, 2.05) is 32.2 Å². The van der Waals surface area contributed by atoms with Crippen molar-refractivity contribution in [3.8, 4) is 11.5 Å². The van der Waals surface area contributed by atoms with Crippen LogP contribution in [-0.4, -0.2) is 33.3 Å². The molecule has 0 radical (unpaired) electrons. The van der Waals surface area contributed by atoms with Crippen molar-refractivity contribution in [2.24, 2.45) is 22.7 Å². The van der Waals surface area contributed by atoms with Crippen molar-refractivity contribution >= 4 is 11.6 Å². The van der Waals surface area contributed by atoms with Gasteiger partial charge in [0.2, 0.25) is 0 Å². The number of rotatable bonds is 8. The van der Waals surface area contributed by atoms with E-state index in [1.54, 1.807) is 7.11 Å². The second kappa shape index (κ2) is 7.77. The fourth-order valence-electron chi connectivity index (χ4n) is 3.32. The van der Waals surface area contributed by atoms with Crippen molar-refractivity contribution in [2.45, 2.75) is 32.6 Å². The molecule has 0 heterocycles. The molecule has 132 valence electrons. The molecule has 2 saturated carbocycles. The Labute approximate surface area is 144 Å². The second-order valence-electron chi connectivity index (χ2n) is 6.72. The molecular weight excluding hydrogens is 302 g/mol. The first kappa shape index (κ1) is 16.9. The zero-order chi connectivity index (χ0) is 16.9. The number of aliphatic imine (C=N–C) groups is 1. The third-order valence-corrected chi connectivity index (χ3v) is 4.91. The van der Waals surface area contributed by atoms with E-state index < -0.39 is 0 Å². The summed E-state index contributed by atoms with van der Waals surface area (Å²) < 4.78 is 11.0. The summed E-state index contributed by atoms with van der Waals surface area (Å²) in [7, 11) is 3.47. The number of hydrogen-bond donors (Lipinski definition) is 2. The van der Waals surface area contributed by atoms with E-state index in [1.165, 1.54) is 25.7 Å². The molecule has 24 heavy (non-hydrogen) atoms. The highest BCUT2D eigenvalue weighted by Gasteiger charge is 2.41. The van der Waals surface area contributed by atoms with Gasteiger partial charge >= 0.3 is 0 Å². The summed E-state index contributed by atoms with van der Waals surface area (Å²) in [5.74, 6) is 5.00. The van der Waals surface area contributed by atoms with Gasteiger partial charge in [-0.25, -0.2) is 0 Å². The fourth-order valence-corrected chi connectivity index (χ4v) is 3.32. The van der Waals surface area contributed by atoms with Gasteiger partial charge in [0.25, 0.3) is 0 Å². The highest BCUT2D eigenvalue weighted by Crippen LogP contribution is 2.48. The van der Waals surface area contributed by atoms with Gasteiger partial charge in [-0.05, 0) is 62.5 Å². The molecule has 2 N–H and O–H groups in total. The first-order valence-corrected chi connectivity index (χ1v) is 9.03. The van der Waals surface area contributed by atoms with Crippen LogP contribution in [-0.2, 0) is 0 Å². The highest BCUT2D eigenvalue weighted by atomic mass is 16.5. The van der Waals surface area contributed by atoms with Gasteiger partial charge in [-0.15, -0.1) is 0 Å². The van der Waals surface area contributed by atoms with E-state index in [-0.39, 0.29) is 0 Å². The van der Waals surface area contributed by atoms with Crippen LogP contribution in [0.1, 0.15) is 32.6 Å². The van der Waals surface area contributed by atoms with Gasteiger partial charge in [0.15, 0.2) is 17.5 Å². The molecule has 2 fully saturated rings. The van der Waals surface area contributed by atoms with Gasteiger partial charge in [0.05, 0.1) is 13.7 Å². The minimum absolute atomic E-state index is 0.608. The Bertz CT molecular complexity index is 568. The largest absolute Gasteiger partial charge is 0.493 e. The molecule has 0 unspecified atom stereocenters. The number of hydrogen-bond acceptors (Lipinski definition) is 3. The Hall–Kier alpha value is -1.91. The molecule has 1 aromatic rings. The molecule has 5 heteroatoms. The quantitative estimate of drug-likeness (QED) is 0.565. The van der Waals surface area contributed by atoms with Gasteiger partial charge in [0, 0.05) is 25.3 Å². The third kappa shape index (κ3) is 4.34. The number of ether oxygens (including phenoxy) is 2. The number of benzene rings is 1. The molecule has 0 aliphatic heterocycles. The summed E-state index contributed by atoms with van der Waals surface area (Å²) in [6.45, 7) is 3.59. The van der Waals surface area contributed by atoms with Crippen molar-refractivity contribution in [3.05, 3.63) is 18.2 Å². The summed E-state index contributed by atoms with van der Waals surface area (Å²) in [6, 6.07) is 5.85. The third-order valence-electron chi connectivity index (χ3n) is 4.91. The van der Waals surface area contributed by atoms with Crippen molar-refractivity contribution in [2.75, 3.05) is 32.6 Å². The maximum atomic E-state index is 5.64. The minimum atomic E-state index is 0.608. The Morgan fingerprint density at radius 1 is 1.21 bits per heavy atom. The molecule has 0 saturated heterocycles. The number of methoxy groups -OCH3 is 1. The lowest BCUT2D eigenvalue weighted by Gasteiger charge is -2.19. The van der Waals surface area contributed by atoms with E-state index in [0.717, 1.165) is 47.4 Å². The Balaban J connectivity index is 1.59. The monoisotopic (exact) mass is 331 g/mol. The molecular formula is C19H29N3O2. The van der Waals surface area contributed by atoms with E-state index in [2.05, 4.69) is 15.6 Å². The van der Waals surface area contributed by atoms with Crippen molar-refractivity contribution < 1.29 is 9.47 Å². The predicted molar refractivity (Wildman–Crippen MR) is 98.1 cm³/mol. The van der Waals surface area contributed by atoms with Gasteiger partial charge in [-0.1, -0.05) is 0 Å². The number of nitrogens with zero attached hydrogens (tertiary/aromatic N) is 1. The van der Waals surface area contributed by atoms with Gasteiger partial charge in [0.1, 0.15) is 0 Å². The molecule has 0 amide bonds. The molecule has 3 rings (SSSR count). The number of anilines is 1. The van der Waals surface area contributed by atoms with Crippen LogP contribution in [0.5, 0.6) is 11.5 Å². The molecule has 0 aromatic heterocycles. The Morgan fingerprint density at radius 2 is 1.92 bits per heavy atom. The number of nitrogens with one attached hydrogen (secondary N) is 2. The summed E-state index contributed by atoms with van der Waals surface area (Å²) in [5.41, 5.74) is 0.946. The van der Waals surface area contributed by atoms with E-state index >= 15 is 0 Å². The minimum Gasteiger partial charge on any atom is -0.493 e. The fraction of sp³-hybridized carbons (Fsp3) is 0.632. The van der Waals surface area contributed by atoms with E-state index in [0.29, 0.717) is 6.61 Å². The standard InChI is InChI=1S/C19H29N3O2/c1-4-24-18-11-15(9-10-17(18)23-3)22-19(20-2)21-12-16(13-5-6-13)14-7-8-14/h9-11,13-14,16H,4-8,12H2,1-3H3,(H2,20,21,22). The van der Waals surface area contributed by atoms with Crippen LogP contribution >= 0.6 is 0 Å². The molecule has 1 aromatic carbocycles. The van der Waals surface area contributed by atoms with Crippen LogP contribution in [0.25, 0.3) is 0 Å². The predicted octanol–water partition coefficient (Wildman–Crippen LogP) is 3.52. The molecule has 2 aliphatic carbocycles. The summed E-state index contributed by atoms with van der Waals surface area (Å²) in [4.78, 5) is 4.36. The zero-order valence-corrected chi connectivity index (χ0v) is 15.0. The topological polar surface area (TPSA) is 54.9 Å². The maximum Gasteiger partial charge on any atom is 0.195 e.